The van der Waals surface area contributed by atoms with E-state index in [4.69, 9.17) is 22.3 Å². The van der Waals surface area contributed by atoms with Crippen molar-refractivity contribution in [2.24, 2.45) is 29.0 Å². The molecule has 2 aromatic carbocycles. The number of rotatable bonds is 32. The molecule has 0 saturated heterocycles. The first-order chi connectivity index (χ1) is 34.1. The van der Waals surface area contributed by atoms with Gasteiger partial charge in [-0.05, 0) is 66.4 Å². The Balaban J connectivity index is 2.47. The fourth-order valence-electron chi connectivity index (χ4n) is 7.08. The number of thioether (sulfide) groups is 1. The number of amides is 9. The molecule has 0 saturated carbocycles. The van der Waals surface area contributed by atoms with Gasteiger partial charge < -0.3 is 64.0 Å². The van der Waals surface area contributed by atoms with Crippen LogP contribution in [0.4, 0.5) is 0 Å². The highest BCUT2D eigenvalue weighted by Crippen LogP contribution is 2.37. The van der Waals surface area contributed by atoms with Crippen molar-refractivity contribution in [3.05, 3.63) is 65.7 Å². The molecule has 0 bridgehead atoms. The fraction of sp³-hybridized carbons (Fsp3) is 0.522. The van der Waals surface area contributed by atoms with E-state index in [2.05, 4.69) is 41.7 Å². The second-order valence-corrected chi connectivity index (χ2v) is 20.0. The van der Waals surface area contributed by atoms with E-state index in [1.54, 1.807) is 71.2 Å². The average molecular weight is 1070 g/mol. The number of carboxylic acid groups (broad SMARTS) is 1. The maximum Gasteiger partial charge on any atom is 0.524 e. The van der Waals surface area contributed by atoms with Gasteiger partial charge in [0.1, 0.15) is 42.0 Å². The van der Waals surface area contributed by atoms with E-state index in [1.807, 2.05) is 0 Å². The number of carbonyl (C=O) groups excluding carboxylic acids is 9. The molecule has 1 unspecified atom stereocenters. The number of aliphatic carboxylic acids is 1. The summed E-state index contributed by atoms with van der Waals surface area (Å²) < 4.78 is 16.1. The van der Waals surface area contributed by atoms with Crippen LogP contribution in [0.15, 0.2) is 54.6 Å². The lowest BCUT2D eigenvalue weighted by molar-refractivity contribution is -0.137. The van der Waals surface area contributed by atoms with Gasteiger partial charge in [-0.1, -0.05) is 77.1 Å². The van der Waals surface area contributed by atoms with Crippen molar-refractivity contribution in [2.75, 3.05) is 18.6 Å². The molecule has 0 aliphatic carbocycles. The van der Waals surface area contributed by atoms with E-state index in [0.717, 1.165) is 0 Å². The van der Waals surface area contributed by atoms with Crippen LogP contribution < -0.4 is 58.9 Å². The minimum absolute atomic E-state index is 0.000269. The van der Waals surface area contributed by atoms with Gasteiger partial charge in [0, 0.05) is 18.8 Å². The standard InChI is InChI=1S/C46H69N10O15PS/c1-24(2)20-32(51-36(58)23-50-41(62)30(47)16-17-37(59)60)43(64)54-34(22-35(48)57)45(66)53-33(21-27-12-14-29(15-13-27)71-72(68,69)70)44(65)52-31(18-19-73-6)42(63)55-38(25(3)4)46(67)56-39(40(49)61)26(5)28-10-8-7-9-11-28/h7-15,24-26,30-34,38-39H,16-23,47H2,1-6H3,(H2,48,57)(H2,49,61)(H,50,62)(H,51,58)(H,52,65)(H,53,66)(H,54,64)(H,55,63)(H,56,67)(H,59,60)(H2,68,69,70)/t26?,30-,31-,32-,33-,34-,38-,39-/m0/s1. The molecule has 0 heterocycles. The van der Waals surface area contributed by atoms with Crippen molar-refractivity contribution < 1.29 is 71.9 Å². The van der Waals surface area contributed by atoms with Crippen LogP contribution in [0, 0.1) is 11.8 Å². The lowest BCUT2D eigenvalue weighted by atomic mass is 9.92. The number of nitrogens with two attached hydrogens (primary N) is 3. The molecule has 0 aromatic heterocycles. The number of nitrogens with one attached hydrogen (secondary N) is 7. The van der Waals surface area contributed by atoms with Gasteiger partial charge in [0.15, 0.2) is 0 Å². The first-order valence-corrected chi connectivity index (χ1v) is 26.1. The first kappa shape index (κ1) is 62.5. The second-order valence-electron chi connectivity index (χ2n) is 17.9. The zero-order chi connectivity index (χ0) is 55.2. The van der Waals surface area contributed by atoms with Crippen LogP contribution >= 0.6 is 19.6 Å². The molecule has 16 N–H and O–H groups in total. The van der Waals surface area contributed by atoms with E-state index in [9.17, 15) is 62.3 Å². The summed E-state index contributed by atoms with van der Waals surface area (Å²) in [6, 6.07) is 4.08. The van der Waals surface area contributed by atoms with Crippen molar-refractivity contribution in [3.8, 4) is 5.75 Å². The molecule has 25 nitrogen and oxygen atoms in total. The van der Waals surface area contributed by atoms with E-state index < -0.39 is 140 Å². The number of phosphoric acid groups is 1. The summed E-state index contributed by atoms with van der Waals surface area (Å²) in [7, 11) is -4.97. The molecular weight excluding hydrogens is 996 g/mol. The third-order valence-electron chi connectivity index (χ3n) is 11.0. The Kier molecular flexibility index (Phi) is 26.1. The first-order valence-electron chi connectivity index (χ1n) is 23.1. The number of hydrogen-bond donors (Lipinski definition) is 13. The zero-order valence-electron chi connectivity index (χ0n) is 41.5. The molecule has 8 atom stereocenters. The van der Waals surface area contributed by atoms with Gasteiger partial charge in [-0.3, -0.25) is 57.7 Å². The van der Waals surface area contributed by atoms with E-state index in [0.29, 0.717) is 11.3 Å². The van der Waals surface area contributed by atoms with Crippen LogP contribution in [-0.2, 0) is 58.9 Å². The van der Waals surface area contributed by atoms with Gasteiger partial charge in [0.05, 0.1) is 19.0 Å². The van der Waals surface area contributed by atoms with Crippen LogP contribution in [0.1, 0.15) is 83.8 Å². The number of phosphoric ester groups is 1. The Hall–Kier alpha value is -6.60. The van der Waals surface area contributed by atoms with Gasteiger partial charge in [0.2, 0.25) is 53.2 Å². The summed E-state index contributed by atoms with van der Waals surface area (Å²) in [6.45, 7) is 7.76. The van der Waals surface area contributed by atoms with Gasteiger partial charge in [-0.25, -0.2) is 4.57 Å². The lowest BCUT2D eigenvalue weighted by Crippen LogP contribution is -2.61. The number of carboxylic acids is 1. The molecular formula is C46H69N10O15PS. The molecule has 2 aromatic rings. The maximum absolute atomic E-state index is 14.4. The zero-order valence-corrected chi connectivity index (χ0v) is 43.2. The van der Waals surface area contributed by atoms with Crippen molar-refractivity contribution in [1.82, 2.24) is 37.2 Å². The van der Waals surface area contributed by atoms with Crippen LogP contribution in [0.3, 0.4) is 0 Å². The molecule has 0 fully saturated rings. The summed E-state index contributed by atoms with van der Waals surface area (Å²) in [6.07, 6.45) is -0.0693. The molecule has 2 rings (SSSR count). The number of benzene rings is 2. The van der Waals surface area contributed by atoms with E-state index in [1.165, 1.54) is 36.0 Å². The van der Waals surface area contributed by atoms with Gasteiger partial charge in [0.25, 0.3) is 0 Å². The van der Waals surface area contributed by atoms with Gasteiger partial charge in [-0.15, -0.1) is 0 Å². The third-order valence-corrected chi connectivity index (χ3v) is 12.1. The monoisotopic (exact) mass is 1060 g/mol. The fourth-order valence-corrected chi connectivity index (χ4v) is 7.95. The Morgan fingerprint density at radius 1 is 0.671 bits per heavy atom. The molecule has 73 heavy (non-hydrogen) atoms. The molecule has 0 aliphatic rings. The second kappa shape index (κ2) is 30.4. The predicted molar refractivity (Wildman–Crippen MR) is 267 cm³/mol. The maximum atomic E-state index is 14.4. The topological polar surface area (TPSA) is 420 Å². The molecule has 0 spiro atoms. The van der Waals surface area contributed by atoms with Crippen LogP contribution in [0.25, 0.3) is 0 Å². The lowest BCUT2D eigenvalue weighted by Gasteiger charge is -2.29. The highest BCUT2D eigenvalue weighted by molar-refractivity contribution is 7.98. The highest BCUT2D eigenvalue weighted by atomic mass is 32.2. The highest BCUT2D eigenvalue weighted by Gasteiger charge is 2.36. The molecule has 27 heteroatoms. The summed E-state index contributed by atoms with van der Waals surface area (Å²) in [4.78, 5) is 150. The van der Waals surface area contributed by atoms with Crippen LogP contribution in [-0.4, -0.2) is 135 Å². The summed E-state index contributed by atoms with van der Waals surface area (Å²) in [5.74, 6) is -10.7. The normalized spacial score (nSPS) is 14.6. The Labute approximate surface area is 427 Å². The smallest absolute Gasteiger partial charge is 0.481 e. The van der Waals surface area contributed by atoms with E-state index >= 15 is 0 Å². The Morgan fingerprint density at radius 3 is 1.75 bits per heavy atom. The van der Waals surface area contributed by atoms with Crippen molar-refractivity contribution in [3.63, 3.8) is 0 Å². The van der Waals surface area contributed by atoms with Gasteiger partial charge in [-0.2, -0.15) is 11.8 Å². The van der Waals surface area contributed by atoms with Crippen molar-refractivity contribution in [2.45, 2.75) is 121 Å². The van der Waals surface area contributed by atoms with Crippen molar-refractivity contribution in [1.29, 1.82) is 0 Å². The van der Waals surface area contributed by atoms with E-state index in [-0.39, 0.29) is 42.9 Å². The SMILES string of the molecule is CSCC[C@H](NC(=O)[C@H](Cc1ccc(OP(=O)(O)O)cc1)NC(=O)[C@H](CC(N)=O)NC(=O)[C@H](CC(C)C)NC(=O)CNC(=O)[C@@H](N)CCC(=O)O)C(=O)N[C@H](C(=O)N[C@H](C(N)=O)C(C)c1ccccc1)C(C)C. The average Bonchev–Trinajstić information content (AvgIpc) is 3.30. The number of carbonyl (C=O) groups is 10. The van der Waals surface area contributed by atoms with Gasteiger partial charge >= 0.3 is 13.8 Å². The quantitative estimate of drug-likeness (QED) is 0.0372. The Bertz CT molecular complexity index is 2290. The van der Waals surface area contributed by atoms with Crippen LogP contribution in [0.2, 0.25) is 0 Å². The third kappa shape index (κ3) is 23.2. The summed E-state index contributed by atoms with van der Waals surface area (Å²) in [5, 5.41) is 26.4. The minimum Gasteiger partial charge on any atom is -0.481 e. The molecule has 0 radical (unpaired) electrons. The summed E-state index contributed by atoms with van der Waals surface area (Å²) >= 11 is 1.33. The Morgan fingerprint density at radius 2 is 1.22 bits per heavy atom. The van der Waals surface area contributed by atoms with Crippen LogP contribution in [0.5, 0.6) is 5.75 Å². The minimum atomic E-state index is -4.97. The molecule has 404 valence electrons. The molecule has 0 aliphatic heterocycles. The largest absolute Gasteiger partial charge is 0.524 e. The summed E-state index contributed by atoms with van der Waals surface area (Å²) in [5.41, 5.74) is 17.9. The number of primary amides is 2. The molecule has 9 amide bonds. The number of hydrogen-bond acceptors (Lipinski definition) is 14. The predicted octanol–water partition coefficient (Wildman–Crippen LogP) is -1.46. The van der Waals surface area contributed by atoms with Crippen molar-refractivity contribution >= 4 is 78.7 Å².